The number of esters is 1. The first-order valence-electron chi connectivity index (χ1n) is 7.00. The first-order chi connectivity index (χ1) is 11.5. The third-order valence-electron chi connectivity index (χ3n) is 3.23. The zero-order valence-corrected chi connectivity index (χ0v) is 13.8. The second kappa shape index (κ2) is 6.98. The van der Waals surface area contributed by atoms with Crippen LogP contribution in [0.3, 0.4) is 0 Å². The molecule has 1 atom stereocenters. The number of benzene rings is 1. The summed E-state index contributed by atoms with van der Waals surface area (Å²) in [5.41, 5.74) is 1.04. The summed E-state index contributed by atoms with van der Waals surface area (Å²) < 4.78 is 6.72. The maximum absolute atomic E-state index is 12.0. The molecule has 2 heterocycles. The molecule has 1 aromatic heterocycles. The lowest BCUT2D eigenvalue weighted by molar-refractivity contribution is -0.522. The van der Waals surface area contributed by atoms with Crippen molar-refractivity contribution >= 4 is 40.8 Å². The summed E-state index contributed by atoms with van der Waals surface area (Å²) in [6, 6.07) is 9.32. The van der Waals surface area contributed by atoms with Crippen LogP contribution in [0.4, 0.5) is 5.69 Å². The van der Waals surface area contributed by atoms with Gasteiger partial charge < -0.3 is 10.1 Å². The van der Waals surface area contributed by atoms with Gasteiger partial charge in [-0.25, -0.2) is 9.04 Å². The third kappa shape index (κ3) is 3.72. The van der Waals surface area contributed by atoms with Gasteiger partial charge in [0.25, 0.3) is 11.9 Å². The van der Waals surface area contributed by atoms with Crippen LogP contribution in [0, 0.1) is 6.21 Å². The van der Waals surface area contributed by atoms with Gasteiger partial charge in [0.05, 0.1) is 16.9 Å². The van der Waals surface area contributed by atoms with Gasteiger partial charge in [0.1, 0.15) is 6.21 Å². The molecule has 1 aromatic carbocycles. The van der Waals surface area contributed by atoms with Crippen LogP contribution in [0.5, 0.6) is 0 Å². The molecule has 0 bridgehead atoms. The molecule has 1 unspecified atom stereocenters. The molecule has 1 aliphatic heterocycles. The normalized spacial score (nSPS) is 15.0. The van der Waals surface area contributed by atoms with Crippen LogP contribution in [0.25, 0.3) is 0 Å². The number of carbonyl (C=O) groups is 2. The molecular formula is C16H12Cl2N3O3+. The molecule has 0 saturated heterocycles. The summed E-state index contributed by atoms with van der Waals surface area (Å²) in [7, 11) is 0. The second-order valence-electron chi connectivity index (χ2n) is 4.97. The highest BCUT2D eigenvalue weighted by atomic mass is 35.5. The third-order valence-corrected chi connectivity index (χ3v) is 3.78. The van der Waals surface area contributed by atoms with Crippen molar-refractivity contribution in [2.75, 3.05) is 11.9 Å². The van der Waals surface area contributed by atoms with Crippen LogP contribution in [0.1, 0.15) is 0 Å². The minimum absolute atomic E-state index is 0.299. The van der Waals surface area contributed by atoms with Crippen molar-refractivity contribution in [2.45, 2.75) is 6.04 Å². The minimum Gasteiger partial charge on any atom is -0.452 e. The zero-order valence-electron chi connectivity index (χ0n) is 12.3. The zero-order chi connectivity index (χ0) is 17.1. The summed E-state index contributed by atoms with van der Waals surface area (Å²) in [5, 5.41) is 3.31. The van der Waals surface area contributed by atoms with E-state index in [2.05, 4.69) is 10.3 Å². The van der Waals surface area contributed by atoms with Crippen LogP contribution < -0.4 is 15.0 Å². The number of nitrogens with one attached hydrogen (secondary N) is 1. The number of nitrogens with zero attached hydrogens (tertiary/aromatic N) is 2. The van der Waals surface area contributed by atoms with Gasteiger partial charge in [-0.2, -0.15) is 0 Å². The predicted molar refractivity (Wildman–Crippen MR) is 87.3 cm³/mol. The van der Waals surface area contributed by atoms with Crippen molar-refractivity contribution in [1.82, 2.24) is 0 Å². The van der Waals surface area contributed by atoms with Crippen LogP contribution >= 0.6 is 23.2 Å². The number of hydrogen-bond acceptors (Lipinski definition) is 4. The molecule has 24 heavy (non-hydrogen) atoms. The van der Waals surface area contributed by atoms with Crippen molar-refractivity contribution in [2.24, 2.45) is 4.99 Å². The topological polar surface area (TPSA) is 73.7 Å². The number of amides is 1. The summed E-state index contributed by atoms with van der Waals surface area (Å²) in [6.45, 7) is -0.432. The Hall–Kier alpha value is -2.44. The van der Waals surface area contributed by atoms with Crippen molar-refractivity contribution < 1.29 is 18.6 Å². The summed E-state index contributed by atoms with van der Waals surface area (Å²) in [6.07, 6.45) is 3.40. The lowest BCUT2D eigenvalue weighted by atomic mass is 10.3. The van der Waals surface area contributed by atoms with Crippen LogP contribution in [-0.4, -0.2) is 24.5 Å². The first kappa shape index (κ1) is 16.4. The quantitative estimate of drug-likeness (QED) is 0.659. The first-order valence-corrected chi connectivity index (χ1v) is 7.76. The number of aromatic nitrogens is 1. The summed E-state index contributed by atoms with van der Waals surface area (Å²) >= 11 is 11.7. The average molecular weight is 365 g/mol. The van der Waals surface area contributed by atoms with E-state index in [0.29, 0.717) is 21.2 Å². The number of fused-ring (bicyclic) bond motifs is 1. The van der Waals surface area contributed by atoms with E-state index < -0.39 is 24.5 Å². The molecule has 6 nitrogen and oxygen atoms in total. The lowest BCUT2D eigenvalue weighted by Gasteiger charge is -2.08. The summed E-state index contributed by atoms with van der Waals surface area (Å²) in [5.74, 6) is -1.10. The highest BCUT2D eigenvalue weighted by molar-refractivity contribution is 6.36. The Balaban J connectivity index is 1.57. The maximum Gasteiger partial charge on any atom is 0.364 e. The number of pyridine rings is 1. The number of rotatable bonds is 4. The van der Waals surface area contributed by atoms with E-state index in [9.17, 15) is 9.59 Å². The fraction of sp³-hybridized carbons (Fsp3) is 0.125. The Kier molecular flexibility index (Phi) is 4.78. The highest BCUT2D eigenvalue weighted by Gasteiger charge is 2.28. The molecule has 0 spiro atoms. The van der Waals surface area contributed by atoms with E-state index in [0.717, 1.165) is 0 Å². The molecule has 1 N–H and O–H groups in total. The van der Waals surface area contributed by atoms with Gasteiger partial charge in [0, 0.05) is 11.1 Å². The standard InChI is InChI=1S/C16H11Cl2N3O3/c17-10-4-5-12(11(18)7-10)20-15(22)9-24-16(23)13-8-21-6-2-1-3-14(21)19-13/h1-8,13H,9H2/p+1. The SMILES string of the molecule is O=C(COC(=O)C1C=[n+]2ccccc2=N1)Nc1ccc(Cl)cc1Cl. The van der Waals surface area contributed by atoms with Crippen molar-refractivity contribution in [1.29, 1.82) is 0 Å². The van der Waals surface area contributed by atoms with Crippen LogP contribution in [0.2, 0.25) is 10.0 Å². The van der Waals surface area contributed by atoms with Crippen molar-refractivity contribution in [3.63, 3.8) is 0 Å². The molecule has 0 saturated carbocycles. The molecule has 0 radical (unpaired) electrons. The van der Waals surface area contributed by atoms with E-state index in [-0.39, 0.29) is 0 Å². The minimum atomic E-state index is -0.765. The van der Waals surface area contributed by atoms with Gasteiger partial charge in [-0.3, -0.25) is 4.79 Å². The average Bonchev–Trinajstić information content (AvgIpc) is 2.99. The predicted octanol–water partition coefficient (Wildman–Crippen LogP) is 1.47. The van der Waals surface area contributed by atoms with Gasteiger partial charge in [0.2, 0.25) is 0 Å². The van der Waals surface area contributed by atoms with E-state index in [1.165, 1.54) is 6.07 Å². The Morgan fingerprint density at radius 1 is 1.25 bits per heavy atom. The Labute approximate surface area is 147 Å². The number of halogens is 2. The molecule has 1 aliphatic rings. The monoisotopic (exact) mass is 364 g/mol. The van der Waals surface area contributed by atoms with E-state index in [4.69, 9.17) is 27.9 Å². The van der Waals surface area contributed by atoms with E-state index in [1.54, 1.807) is 34.9 Å². The van der Waals surface area contributed by atoms with Gasteiger partial charge >= 0.3 is 11.5 Å². The smallest absolute Gasteiger partial charge is 0.364 e. The Bertz CT molecular complexity index is 895. The van der Waals surface area contributed by atoms with Gasteiger partial charge in [-0.1, -0.05) is 34.3 Å². The largest absolute Gasteiger partial charge is 0.452 e. The molecule has 0 aliphatic carbocycles. The second-order valence-corrected chi connectivity index (χ2v) is 5.81. The molecule has 0 fully saturated rings. The highest BCUT2D eigenvalue weighted by Crippen LogP contribution is 2.25. The molecule has 8 heteroatoms. The molecule has 2 aromatic rings. The Morgan fingerprint density at radius 2 is 2.08 bits per heavy atom. The van der Waals surface area contributed by atoms with E-state index in [1.807, 2.05) is 12.1 Å². The number of anilines is 1. The molecule has 1 amide bonds. The number of hydrogen-bond donors (Lipinski definition) is 1. The van der Waals surface area contributed by atoms with Crippen LogP contribution in [0.15, 0.2) is 47.6 Å². The molecule has 3 rings (SSSR count). The maximum atomic E-state index is 12.0. The number of carbonyl (C=O) groups excluding carboxylic acids is 2. The lowest BCUT2D eigenvalue weighted by Crippen LogP contribution is -2.33. The van der Waals surface area contributed by atoms with Crippen LogP contribution in [-0.2, 0) is 14.3 Å². The summed E-state index contributed by atoms with van der Waals surface area (Å²) in [4.78, 5) is 28.1. The fourth-order valence-corrected chi connectivity index (χ4v) is 2.58. The van der Waals surface area contributed by atoms with Crippen molar-refractivity contribution in [3.05, 3.63) is 64.3 Å². The van der Waals surface area contributed by atoms with E-state index >= 15 is 0 Å². The van der Waals surface area contributed by atoms with Gasteiger partial charge in [-0.15, -0.1) is 0 Å². The van der Waals surface area contributed by atoms with Gasteiger partial charge in [0.15, 0.2) is 6.61 Å². The number of ether oxygens (including phenoxy) is 1. The Morgan fingerprint density at radius 3 is 2.83 bits per heavy atom. The fourth-order valence-electron chi connectivity index (χ4n) is 2.12. The van der Waals surface area contributed by atoms with Gasteiger partial charge in [-0.05, 0) is 24.3 Å². The molecule has 122 valence electrons. The van der Waals surface area contributed by atoms with Crippen molar-refractivity contribution in [3.8, 4) is 0 Å². The molecular weight excluding hydrogens is 353 g/mol.